The summed E-state index contributed by atoms with van der Waals surface area (Å²) in [5, 5.41) is 10.9. The molecule has 0 radical (unpaired) electrons. The monoisotopic (exact) mass is 271 g/mol. The maximum absolute atomic E-state index is 4.69. The van der Waals surface area contributed by atoms with Crippen molar-refractivity contribution in [3.8, 4) is 11.4 Å². The van der Waals surface area contributed by atoms with Gasteiger partial charge >= 0.3 is 0 Å². The number of nitrogens with zero attached hydrogens (tertiary/aromatic N) is 3. The van der Waals surface area contributed by atoms with E-state index in [4.69, 9.17) is 4.98 Å². The molecule has 2 aromatic rings. The second kappa shape index (κ2) is 5.25. The zero-order valence-electron chi connectivity index (χ0n) is 12.3. The zero-order valence-corrected chi connectivity index (χ0v) is 12.3. The van der Waals surface area contributed by atoms with E-state index >= 15 is 0 Å². The van der Waals surface area contributed by atoms with Crippen LogP contribution >= 0.6 is 0 Å². The summed E-state index contributed by atoms with van der Waals surface area (Å²) in [5.41, 5.74) is 3.61. The van der Waals surface area contributed by atoms with Crippen molar-refractivity contribution in [2.45, 2.75) is 26.8 Å². The van der Waals surface area contributed by atoms with E-state index in [0.717, 1.165) is 37.0 Å². The van der Waals surface area contributed by atoms with Crippen molar-refractivity contribution in [2.24, 2.45) is 0 Å². The van der Waals surface area contributed by atoms with Gasteiger partial charge in [-0.25, -0.2) is 0 Å². The smallest absolute Gasteiger partial charge is 0.245 e. The van der Waals surface area contributed by atoms with Gasteiger partial charge in [0, 0.05) is 31.2 Å². The Morgan fingerprint density at radius 1 is 1.25 bits per heavy atom. The van der Waals surface area contributed by atoms with E-state index in [9.17, 15) is 0 Å². The van der Waals surface area contributed by atoms with Gasteiger partial charge in [-0.15, -0.1) is 5.10 Å². The molecule has 0 spiro atoms. The SMILES string of the molecule is Cc1cccc(C)c1-c1nc(N2CCN[C@H](C)C2)n[nH]1. The molecule has 1 fully saturated rings. The Kier molecular flexibility index (Phi) is 3.44. The largest absolute Gasteiger partial charge is 0.337 e. The quantitative estimate of drug-likeness (QED) is 0.875. The van der Waals surface area contributed by atoms with E-state index in [1.54, 1.807) is 0 Å². The Hall–Kier alpha value is -1.88. The van der Waals surface area contributed by atoms with Crippen molar-refractivity contribution < 1.29 is 0 Å². The molecule has 2 N–H and O–H groups in total. The first-order valence-corrected chi connectivity index (χ1v) is 7.12. The van der Waals surface area contributed by atoms with Gasteiger partial charge in [-0.1, -0.05) is 18.2 Å². The first-order valence-electron chi connectivity index (χ1n) is 7.12. The highest BCUT2D eigenvalue weighted by Gasteiger charge is 2.20. The van der Waals surface area contributed by atoms with Crippen molar-refractivity contribution >= 4 is 5.95 Å². The van der Waals surface area contributed by atoms with E-state index in [1.165, 1.54) is 11.1 Å². The lowest BCUT2D eigenvalue weighted by molar-refractivity contribution is 0.480. The third kappa shape index (κ3) is 2.41. The van der Waals surface area contributed by atoms with Crippen LogP contribution in [-0.4, -0.2) is 40.9 Å². The number of benzene rings is 1. The summed E-state index contributed by atoms with van der Waals surface area (Å²) in [6.45, 7) is 9.28. The minimum atomic E-state index is 0.478. The highest BCUT2D eigenvalue weighted by molar-refractivity contribution is 5.65. The molecule has 1 aliphatic heterocycles. The molecule has 0 unspecified atom stereocenters. The first-order chi connectivity index (χ1) is 9.65. The van der Waals surface area contributed by atoms with E-state index < -0.39 is 0 Å². The molecule has 2 heterocycles. The summed E-state index contributed by atoms with van der Waals surface area (Å²) in [4.78, 5) is 6.92. The third-order valence-electron chi connectivity index (χ3n) is 3.84. The minimum Gasteiger partial charge on any atom is -0.337 e. The summed E-state index contributed by atoms with van der Waals surface area (Å²) in [7, 11) is 0. The molecule has 1 aromatic carbocycles. The minimum absolute atomic E-state index is 0.478. The predicted octanol–water partition coefficient (Wildman–Crippen LogP) is 1.89. The van der Waals surface area contributed by atoms with Crippen molar-refractivity contribution in [1.82, 2.24) is 20.5 Å². The lowest BCUT2D eigenvalue weighted by Gasteiger charge is -2.30. The molecule has 0 amide bonds. The van der Waals surface area contributed by atoms with E-state index in [-0.39, 0.29) is 0 Å². The summed E-state index contributed by atoms with van der Waals surface area (Å²) in [6.07, 6.45) is 0. The molecule has 5 heteroatoms. The van der Waals surface area contributed by atoms with Crippen LogP contribution in [0.15, 0.2) is 18.2 Å². The van der Waals surface area contributed by atoms with Crippen LogP contribution in [0, 0.1) is 13.8 Å². The molecule has 3 rings (SSSR count). The Morgan fingerprint density at radius 3 is 2.70 bits per heavy atom. The molecular formula is C15H21N5. The highest BCUT2D eigenvalue weighted by atomic mass is 15.4. The van der Waals surface area contributed by atoms with E-state index in [0.29, 0.717) is 6.04 Å². The van der Waals surface area contributed by atoms with Gasteiger partial charge in [0.15, 0.2) is 5.82 Å². The van der Waals surface area contributed by atoms with Gasteiger partial charge in [-0.2, -0.15) is 4.98 Å². The molecule has 1 aliphatic rings. The second-order valence-corrected chi connectivity index (χ2v) is 5.55. The second-order valence-electron chi connectivity index (χ2n) is 5.55. The van der Waals surface area contributed by atoms with Crippen LogP contribution in [0.2, 0.25) is 0 Å². The number of H-pyrrole nitrogens is 1. The van der Waals surface area contributed by atoms with Crippen LogP contribution in [-0.2, 0) is 0 Å². The zero-order chi connectivity index (χ0) is 14.1. The number of aromatic amines is 1. The lowest BCUT2D eigenvalue weighted by atomic mass is 10.0. The lowest BCUT2D eigenvalue weighted by Crippen LogP contribution is -2.49. The standard InChI is InChI=1S/C15H21N5/c1-10-5-4-6-11(2)13(10)14-17-15(19-18-14)20-8-7-16-12(3)9-20/h4-6,12,16H,7-9H2,1-3H3,(H,17,18,19)/t12-/m1/s1. The predicted molar refractivity (Wildman–Crippen MR) is 81.0 cm³/mol. The maximum Gasteiger partial charge on any atom is 0.245 e. The Labute approximate surface area is 119 Å². The normalized spacial score (nSPS) is 19.4. The average Bonchev–Trinajstić information content (AvgIpc) is 2.88. The molecule has 1 atom stereocenters. The van der Waals surface area contributed by atoms with Crippen LogP contribution in [0.3, 0.4) is 0 Å². The number of nitrogens with one attached hydrogen (secondary N) is 2. The van der Waals surface area contributed by atoms with Crippen molar-refractivity contribution in [1.29, 1.82) is 0 Å². The number of aryl methyl sites for hydroxylation is 2. The Morgan fingerprint density at radius 2 is 2.00 bits per heavy atom. The molecule has 0 bridgehead atoms. The van der Waals surface area contributed by atoms with E-state index in [2.05, 4.69) is 59.4 Å². The number of rotatable bonds is 2. The molecule has 0 saturated carbocycles. The fourth-order valence-electron chi connectivity index (χ4n) is 2.81. The van der Waals surface area contributed by atoms with Gasteiger partial charge in [0.25, 0.3) is 0 Å². The molecule has 106 valence electrons. The topological polar surface area (TPSA) is 56.8 Å². The van der Waals surface area contributed by atoms with Crippen LogP contribution in [0.5, 0.6) is 0 Å². The summed E-state index contributed by atoms with van der Waals surface area (Å²) >= 11 is 0. The molecule has 0 aliphatic carbocycles. The molecular weight excluding hydrogens is 250 g/mol. The van der Waals surface area contributed by atoms with E-state index in [1.807, 2.05) is 0 Å². The van der Waals surface area contributed by atoms with Gasteiger partial charge < -0.3 is 10.2 Å². The van der Waals surface area contributed by atoms with Crippen LogP contribution in [0.1, 0.15) is 18.1 Å². The Bertz CT molecular complexity index is 584. The van der Waals surface area contributed by atoms with Crippen LogP contribution in [0.25, 0.3) is 11.4 Å². The fraction of sp³-hybridized carbons (Fsp3) is 0.467. The van der Waals surface area contributed by atoms with Crippen LogP contribution < -0.4 is 10.2 Å². The maximum atomic E-state index is 4.69. The number of aromatic nitrogens is 3. The fourth-order valence-corrected chi connectivity index (χ4v) is 2.81. The van der Waals surface area contributed by atoms with Crippen molar-refractivity contribution in [3.63, 3.8) is 0 Å². The molecule has 5 nitrogen and oxygen atoms in total. The first kappa shape index (κ1) is 13.1. The highest BCUT2D eigenvalue weighted by Crippen LogP contribution is 2.25. The molecule has 1 saturated heterocycles. The summed E-state index contributed by atoms with van der Waals surface area (Å²) < 4.78 is 0. The number of hydrogen-bond acceptors (Lipinski definition) is 4. The van der Waals surface area contributed by atoms with Crippen molar-refractivity contribution in [3.05, 3.63) is 29.3 Å². The molecule has 1 aromatic heterocycles. The van der Waals surface area contributed by atoms with Gasteiger partial charge in [0.1, 0.15) is 0 Å². The van der Waals surface area contributed by atoms with Gasteiger partial charge in [0.2, 0.25) is 5.95 Å². The summed E-state index contributed by atoms with van der Waals surface area (Å²) in [5.74, 6) is 1.66. The molecule has 20 heavy (non-hydrogen) atoms. The average molecular weight is 271 g/mol. The Balaban J connectivity index is 1.90. The third-order valence-corrected chi connectivity index (χ3v) is 3.84. The number of anilines is 1. The number of piperazine rings is 1. The van der Waals surface area contributed by atoms with Gasteiger partial charge in [0.05, 0.1) is 0 Å². The van der Waals surface area contributed by atoms with Gasteiger partial charge in [-0.05, 0) is 31.9 Å². The van der Waals surface area contributed by atoms with Gasteiger partial charge in [-0.3, -0.25) is 5.10 Å². The van der Waals surface area contributed by atoms with Crippen LogP contribution in [0.4, 0.5) is 5.95 Å². The number of hydrogen-bond donors (Lipinski definition) is 2. The van der Waals surface area contributed by atoms with Crippen molar-refractivity contribution in [2.75, 3.05) is 24.5 Å². The summed E-state index contributed by atoms with van der Waals surface area (Å²) in [6, 6.07) is 6.77.